The van der Waals surface area contributed by atoms with E-state index in [-0.39, 0.29) is 11.5 Å². The number of nitrogens with zero attached hydrogens (tertiary/aromatic N) is 4. The van der Waals surface area contributed by atoms with Gasteiger partial charge in [-0.25, -0.2) is 14.6 Å². The van der Waals surface area contributed by atoms with Crippen molar-refractivity contribution in [2.45, 2.75) is 19.9 Å². The molecule has 0 fully saturated rings. The summed E-state index contributed by atoms with van der Waals surface area (Å²) >= 11 is 0. The molecule has 1 amide bonds. The fourth-order valence-corrected chi connectivity index (χ4v) is 3.04. The van der Waals surface area contributed by atoms with Crippen LogP contribution in [-0.4, -0.2) is 30.6 Å². The van der Waals surface area contributed by atoms with Crippen molar-refractivity contribution in [2.24, 2.45) is 0 Å². The molecule has 2 heterocycles. The predicted molar refractivity (Wildman–Crippen MR) is 113 cm³/mol. The number of hydrogen-bond donors (Lipinski definition) is 2. The van der Waals surface area contributed by atoms with E-state index in [2.05, 4.69) is 25.4 Å². The molecule has 0 spiro atoms. The summed E-state index contributed by atoms with van der Waals surface area (Å²) in [4.78, 5) is 35.6. The number of aryl methyl sites for hydroxylation is 1. The Balaban J connectivity index is 1.49. The van der Waals surface area contributed by atoms with Gasteiger partial charge in [-0.3, -0.25) is 9.59 Å². The van der Waals surface area contributed by atoms with E-state index in [1.807, 2.05) is 31.2 Å². The Morgan fingerprint density at radius 3 is 2.70 bits per heavy atom. The quantitative estimate of drug-likeness (QED) is 0.518. The number of rotatable bonds is 6. The fraction of sp³-hybridized carbons (Fsp3) is 0.136. The first-order valence-corrected chi connectivity index (χ1v) is 9.54. The van der Waals surface area contributed by atoms with Gasteiger partial charge in [0, 0.05) is 28.6 Å². The van der Waals surface area contributed by atoms with Crippen LogP contribution in [0.15, 0.2) is 72.0 Å². The summed E-state index contributed by atoms with van der Waals surface area (Å²) in [5, 5.41) is 6.96. The average Bonchev–Trinajstić information content (AvgIpc) is 3.27. The van der Waals surface area contributed by atoms with Crippen molar-refractivity contribution in [1.29, 1.82) is 0 Å². The Kier molecular flexibility index (Phi) is 5.47. The highest BCUT2D eigenvalue weighted by atomic mass is 16.1. The molecule has 150 valence electrons. The first-order chi connectivity index (χ1) is 14.6. The maximum Gasteiger partial charge on any atom is 0.255 e. The van der Waals surface area contributed by atoms with Crippen LogP contribution in [0.5, 0.6) is 0 Å². The van der Waals surface area contributed by atoms with Crippen LogP contribution < -0.4 is 10.9 Å². The number of hydrogen-bond acceptors (Lipinski definition) is 5. The van der Waals surface area contributed by atoms with Crippen LogP contribution in [0.2, 0.25) is 0 Å². The summed E-state index contributed by atoms with van der Waals surface area (Å²) < 4.78 is 1.71. The van der Waals surface area contributed by atoms with Crippen LogP contribution in [0, 0.1) is 0 Å². The third-order valence-corrected chi connectivity index (χ3v) is 4.58. The maximum absolute atomic E-state index is 12.6. The minimum Gasteiger partial charge on any atom is -0.322 e. The number of carbonyl (C=O) groups is 1. The zero-order chi connectivity index (χ0) is 20.9. The lowest BCUT2D eigenvalue weighted by atomic mass is 10.1. The van der Waals surface area contributed by atoms with Crippen LogP contribution >= 0.6 is 0 Å². The smallest absolute Gasteiger partial charge is 0.255 e. The van der Waals surface area contributed by atoms with Gasteiger partial charge < -0.3 is 10.3 Å². The Morgan fingerprint density at radius 1 is 1.13 bits per heavy atom. The van der Waals surface area contributed by atoms with Crippen molar-refractivity contribution in [1.82, 2.24) is 24.7 Å². The highest BCUT2D eigenvalue weighted by Gasteiger charge is 2.09. The minimum atomic E-state index is -0.219. The number of nitrogens with one attached hydrogen (secondary N) is 2. The summed E-state index contributed by atoms with van der Waals surface area (Å²) in [6, 6.07) is 16.0. The maximum atomic E-state index is 12.6. The molecular weight excluding hydrogens is 380 g/mol. The van der Waals surface area contributed by atoms with Crippen LogP contribution in [0.25, 0.3) is 11.4 Å². The summed E-state index contributed by atoms with van der Waals surface area (Å²) in [6.07, 6.45) is 3.80. The van der Waals surface area contributed by atoms with Gasteiger partial charge >= 0.3 is 0 Å². The summed E-state index contributed by atoms with van der Waals surface area (Å²) in [6.45, 7) is 2.53. The molecular formula is C22H20N6O2. The lowest BCUT2D eigenvalue weighted by Gasteiger charge is -2.09. The lowest BCUT2D eigenvalue weighted by molar-refractivity contribution is 0.102. The van der Waals surface area contributed by atoms with Gasteiger partial charge in [0.25, 0.3) is 11.5 Å². The third-order valence-electron chi connectivity index (χ3n) is 4.58. The van der Waals surface area contributed by atoms with Gasteiger partial charge in [0.05, 0.1) is 6.54 Å². The molecule has 8 nitrogen and oxygen atoms in total. The number of H-pyrrole nitrogens is 1. The first kappa shape index (κ1) is 19.3. The highest BCUT2D eigenvalue weighted by molar-refractivity contribution is 6.04. The SMILES string of the molecule is CCc1cc(=O)[nH]c(-c2cccc(NC(=O)c3ccc(Cn4cncn4)cc3)c2)n1. The monoisotopic (exact) mass is 400 g/mol. The number of aromatic nitrogens is 5. The lowest BCUT2D eigenvalue weighted by Crippen LogP contribution is -2.13. The molecule has 30 heavy (non-hydrogen) atoms. The standard InChI is InChI=1S/C22H20N6O2/c1-2-18-11-20(29)27-21(25-18)17-4-3-5-19(10-17)26-22(30)16-8-6-15(7-9-16)12-28-14-23-13-24-28/h3-11,13-14H,2,12H2,1H3,(H,26,30)(H,25,27,29). The number of amides is 1. The topological polar surface area (TPSA) is 106 Å². The third kappa shape index (κ3) is 4.49. The first-order valence-electron chi connectivity index (χ1n) is 9.54. The van der Waals surface area contributed by atoms with E-state index >= 15 is 0 Å². The van der Waals surface area contributed by atoms with Crippen molar-refractivity contribution in [2.75, 3.05) is 5.32 Å². The molecule has 2 aromatic carbocycles. The van der Waals surface area contributed by atoms with Crippen molar-refractivity contribution < 1.29 is 4.79 Å². The number of aromatic amines is 1. The highest BCUT2D eigenvalue weighted by Crippen LogP contribution is 2.20. The van der Waals surface area contributed by atoms with E-state index in [0.717, 1.165) is 11.1 Å². The number of anilines is 1. The molecule has 0 aliphatic rings. The molecule has 4 aromatic rings. The molecule has 4 rings (SSSR count). The second-order valence-corrected chi connectivity index (χ2v) is 6.76. The second kappa shape index (κ2) is 8.52. The van der Waals surface area contributed by atoms with Gasteiger partial charge in [-0.15, -0.1) is 0 Å². The molecule has 0 saturated heterocycles. The molecule has 2 aromatic heterocycles. The number of carbonyl (C=O) groups excluding carboxylic acids is 1. The molecule has 0 unspecified atom stereocenters. The Hall–Kier alpha value is -4.07. The van der Waals surface area contributed by atoms with E-state index in [0.29, 0.717) is 35.7 Å². The van der Waals surface area contributed by atoms with Crippen molar-refractivity contribution >= 4 is 11.6 Å². The number of benzene rings is 2. The Labute approximate surface area is 172 Å². The van der Waals surface area contributed by atoms with E-state index in [9.17, 15) is 9.59 Å². The van der Waals surface area contributed by atoms with E-state index in [1.165, 1.54) is 12.4 Å². The molecule has 0 aliphatic carbocycles. The minimum absolute atomic E-state index is 0.197. The van der Waals surface area contributed by atoms with Crippen molar-refractivity contribution in [3.8, 4) is 11.4 Å². The van der Waals surface area contributed by atoms with E-state index in [1.54, 1.807) is 35.3 Å². The van der Waals surface area contributed by atoms with Gasteiger partial charge in [-0.1, -0.05) is 31.2 Å². The molecule has 0 radical (unpaired) electrons. The largest absolute Gasteiger partial charge is 0.322 e. The van der Waals surface area contributed by atoms with Crippen molar-refractivity contribution in [3.63, 3.8) is 0 Å². The normalized spacial score (nSPS) is 10.7. The molecule has 0 saturated carbocycles. The van der Waals surface area contributed by atoms with Crippen LogP contribution in [0.1, 0.15) is 28.5 Å². The molecule has 0 aliphatic heterocycles. The van der Waals surface area contributed by atoms with Gasteiger partial charge in [0.1, 0.15) is 18.5 Å². The molecule has 0 bridgehead atoms. The van der Waals surface area contributed by atoms with Gasteiger partial charge in [0.15, 0.2) is 0 Å². The predicted octanol–water partition coefficient (Wildman–Crippen LogP) is 2.89. The summed E-state index contributed by atoms with van der Waals surface area (Å²) in [5.74, 6) is 0.260. The van der Waals surface area contributed by atoms with Crippen LogP contribution in [0.4, 0.5) is 5.69 Å². The molecule has 0 atom stereocenters. The van der Waals surface area contributed by atoms with Gasteiger partial charge in [-0.2, -0.15) is 5.10 Å². The van der Waals surface area contributed by atoms with E-state index < -0.39 is 0 Å². The summed E-state index contributed by atoms with van der Waals surface area (Å²) in [5.41, 5.74) is 3.43. The zero-order valence-corrected chi connectivity index (χ0v) is 16.4. The Bertz CT molecular complexity index is 1210. The Morgan fingerprint density at radius 2 is 1.97 bits per heavy atom. The van der Waals surface area contributed by atoms with Crippen LogP contribution in [-0.2, 0) is 13.0 Å². The summed E-state index contributed by atoms with van der Waals surface area (Å²) in [7, 11) is 0. The second-order valence-electron chi connectivity index (χ2n) is 6.76. The fourth-order valence-electron chi connectivity index (χ4n) is 3.04. The molecule has 8 heteroatoms. The average molecular weight is 400 g/mol. The van der Waals surface area contributed by atoms with Gasteiger partial charge in [0.2, 0.25) is 0 Å². The van der Waals surface area contributed by atoms with Crippen molar-refractivity contribution in [3.05, 3.63) is 94.4 Å². The van der Waals surface area contributed by atoms with Crippen LogP contribution in [0.3, 0.4) is 0 Å². The zero-order valence-electron chi connectivity index (χ0n) is 16.4. The molecule has 2 N–H and O–H groups in total. The van der Waals surface area contributed by atoms with E-state index in [4.69, 9.17) is 0 Å². The van der Waals surface area contributed by atoms with Gasteiger partial charge in [-0.05, 0) is 36.2 Å².